The molecule has 0 radical (unpaired) electrons. The third-order valence-electron chi connectivity index (χ3n) is 3.78. The van der Waals surface area contributed by atoms with Gasteiger partial charge in [-0.05, 0) is 24.0 Å². The summed E-state index contributed by atoms with van der Waals surface area (Å²) in [7, 11) is 0. The molecule has 0 aliphatic heterocycles. The highest BCUT2D eigenvalue weighted by molar-refractivity contribution is 7.98. The topological polar surface area (TPSA) is 151 Å². The van der Waals surface area contributed by atoms with Crippen molar-refractivity contribution in [2.75, 3.05) is 25.1 Å². The Kier molecular flexibility index (Phi) is 10.7. The molecular weight excluding hydrogens is 384 g/mol. The van der Waals surface area contributed by atoms with Gasteiger partial charge in [0.05, 0.1) is 6.54 Å². The summed E-state index contributed by atoms with van der Waals surface area (Å²) in [5, 5.41) is 16.2. The van der Waals surface area contributed by atoms with Gasteiger partial charge in [-0.1, -0.05) is 30.3 Å². The van der Waals surface area contributed by atoms with Gasteiger partial charge in [0.15, 0.2) is 0 Å². The van der Waals surface area contributed by atoms with E-state index >= 15 is 0 Å². The fraction of sp³-hybridized carbons (Fsp3) is 0.444. The fourth-order valence-electron chi connectivity index (χ4n) is 2.38. The van der Waals surface area contributed by atoms with E-state index in [4.69, 9.17) is 10.8 Å². The van der Waals surface area contributed by atoms with Gasteiger partial charge in [0.2, 0.25) is 17.7 Å². The van der Waals surface area contributed by atoms with Crippen molar-refractivity contribution in [1.29, 1.82) is 0 Å². The Hall–Kier alpha value is -2.59. The van der Waals surface area contributed by atoms with E-state index in [-0.39, 0.29) is 13.0 Å². The highest BCUT2D eigenvalue weighted by Gasteiger charge is 2.26. The number of hydrogen-bond donors (Lipinski definition) is 5. The summed E-state index contributed by atoms with van der Waals surface area (Å²) < 4.78 is 0. The third-order valence-corrected chi connectivity index (χ3v) is 4.42. The van der Waals surface area contributed by atoms with Crippen LogP contribution in [0, 0.1) is 0 Å². The Balaban J connectivity index is 2.87. The van der Waals surface area contributed by atoms with Gasteiger partial charge in [0.1, 0.15) is 18.6 Å². The van der Waals surface area contributed by atoms with Gasteiger partial charge < -0.3 is 26.8 Å². The van der Waals surface area contributed by atoms with Crippen LogP contribution >= 0.6 is 11.8 Å². The Morgan fingerprint density at radius 2 is 1.75 bits per heavy atom. The molecule has 0 spiro atoms. The van der Waals surface area contributed by atoms with E-state index in [0.29, 0.717) is 12.2 Å². The van der Waals surface area contributed by atoms with Crippen LogP contribution in [0.3, 0.4) is 0 Å². The molecule has 0 heterocycles. The van der Waals surface area contributed by atoms with Crippen LogP contribution in [0.2, 0.25) is 0 Å². The Bertz CT molecular complexity index is 671. The number of thioether (sulfide) groups is 1. The molecule has 0 aliphatic rings. The molecule has 1 aromatic carbocycles. The van der Waals surface area contributed by atoms with E-state index in [0.717, 1.165) is 5.56 Å². The number of benzene rings is 1. The smallest absolute Gasteiger partial charge is 0.322 e. The average Bonchev–Trinajstić information content (AvgIpc) is 2.69. The molecule has 0 aromatic heterocycles. The van der Waals surface area contributed by atoms with E-state index in [1.165, 1.54) is 11.8 Å². The number of carboxylic acids is 1. The van der Waals surface area contributed by atoms with Gasteiger partial charge in [0.25, 0.3) is 0 Å². The molecule has 0 fully saturated rings. The lowest BCUT2D eigenvalue weighted by molar-refractivity contribution is -0.138. The lowest BCUT2D eigenvalue weighted by Crippen LogP contribution is -2.55. The third kappa shape index (κ3) is 8.87. The second-order valence-corrected chi connectivity index (χ2v) is 6.95. The lowest BCUT2D eigenvalue weighted by Gasteiger charge is -2.23. The van der Waals surface area contributed by atoms with Crippen molar-refractivity contribution in [3.63, 3.8) is 0 Å². The molecule has 3 amide bonds. The second-order valence-electron chi connectivity index (χ2n) is 5.97. The summed E-state index contributed by atoms with van der Waals surface area (Å²) in [6, 6.07) is 7.28. The number of rotatable bonds is 12. The van der Waals surface area contributed by atoms with E-state index in [2.05, 4.69) is 16.0 Å². The molecule has 1 rings (SSSR count). The Morgan fingerprint density at radius 3 is 2.32 bits per heavy atom. The maximum absolute atomic E-state index is 12.7. The Morgan fingerprint density at radius 1 is 1.07 bits per heavy atom. The van der Waals surface area contributed by atoms with Gasteiger partial charge in [0, 0.05) is 6.42 Å². The standard InChI is InChI=1S/C18H26N4O5S/c1-28-8-7-13(17(26)20-11-16(24)25)22-18(27)14(21-15(23)10-19)9-12-5-3-2-4-6-12/h2-6,13-14H,7-11,19H2,1H3,(H,20,26)(H,21,23)(H,22,27)(H,24,25). The summed E-state index contributed by atoms with van der Waals surface area (Å²) in [6.07, 6.45) is 2.40. The zero-order valence-corrected chi connectivity index (χ0v) is 16.5. The number of aliphatic carboxylic acids is 1. The minimum atomic E-state index is -1.18. The number of nitrogens with one attached hydrogen (secondary N) is 3. The predicted octanol–water partition coefficient (Wildman–Crippen LogP) is -0.889. The van der Waals surface area contributed by atoms with Crippen LogP contribution in [0.1, 0.15) is 12.0 Å². The quantitative estimate of drug-likeness (QED) is 0.300. The molecule has 0 saturated heterocycles. The van der Waals surface area contributed by atoms with Crippen LogP contribution in [-0.2, 0) is 25.6 Å². The highest BCUT2D eigenvalue weighted by Crippen LogP contribution is 2.06. The number of carboxylic acid groups (broad SMARTS) is 1. The zero-order chi connectivity index (χ0) is 20.9. The lowest BCUT2D eigenvalue weighted by atomic mass is 10.0. The molecule has 2 atom stereocenters. The molecule has 9 nitrogen and oxygen atoms in total. The predicted molar refractivity (Wildman–Crippen MR) is 107 cm³/mol. The number of amides is 3. The number of carbonyl (C=O) groups is 4. The first-order valence-electron chi connectivity index (χ1n) is 8.69. The summed E-state index contributed by atoms with van der Waals surface area (Å²) in [4.78, 5) is 47.4. The van der Waals surface area contributed by atoms with Crippen LogP contribution < -0.4 is 21.7 Å². The van der Waals surface area contributed by atoms with E-state index in [9.17, 15) is 19.2 Å². The van der Waals surface area contributed by atoms with E-state index in [1.54, 1.807) is 0 Å². The number of hydrogen-bond acceptors (Lipinski definition) is 6. The first-order valence-corrected chi connectivity index (χ1v) is 10.1. The van der Waals surface area contributed by atoms with E-state index in [1.807, 2.05) is 36.6 Å². The second kappa shape index (κ2) is 12.7. The largest absolute Gasteiger partial charge is 0.480 e. The van der Waals surface area contributed by atoms with Crippen molar-refractivity contribution in [3.05, 3.63) is 35.9 Å². The van der Waals surface area contributed by atoms with Crippen molar-refractivity contribution in [3.8, 4) is 0 Å². The van der Waals surface area contributed by atoms with Gasteiger partial charge >= 0.3 is 5.97 Å². The summed E-state index contributed by atoms with van der Waals surface area (Å²) in [6.45, 7) is -0.810. The molecular formula is C18H26N4O5S. The minimum Gasteiger partial charge on any atom is -0.480 e. The molecule has 0 bridgehead atoms. The van der Waals surface area contributed by atoms with Crippen molar-refractivity contribution in [1.82, 2.24) is 16.0 Å². The monoisotopic (exact) mass is 410 g/mol. The first kappa shape index (κ1) is 23.4. The van der Waals surface area contributed by atoms with Gasteiger partial charge in [-0.2, -0.15) is 11.8 Å². The molecule has 0 aliphatic carbocycles. The number of carbonyl (C=O) groups excluding carboxylic acids is 3. The van der Waals surface area contributed by atoms with Gasteiger partial charge in [-0.3, -0.25) is 19.2 Å². The summed E-state index contributed by atoms with van der Waals surface area (Å²) in [5.74, 6) is -2.22. The minimum absolute atomic E-state index is 0.227. The van der Waals surface area contributed by atoms with Crippen LogP contribution in [-0.4, -0.2) is 66.0 Å². The fourth-order valence-corrected chi connectivity index (χ4v) is 2.85. The van der Waals surface area contributed by atoms with Gasteiger partial charge in [-0.25, -0.2) is 0 Å². The molecule has 2 unspecified atom stereocenters. The Labute approximate surface area is 167 Å². The zero-order valence-electron chi connectivity index (χ0n) is 15.6. The highest BCUT2D eigenvalue weighted by atomic mass is 32.2. The van der Waals surface area contributed by atoms with Crippen molar-refractivity contribution >= 4 is 35.5 Å². The van der Waals surface area contributed by atoms with Crippen LogP contribution in [0.5, 0.6) is 0 Å². The average molecular weight is 410 g/mol. The molecule has 1 aromatic rings. The van der Waals surface area contributed by atoms with Crippen molar-refractivity contribution in [2.45, 2.75) is 24.9 Å². The maximum atomic E-state index is 12.7. The normalized spacial score (nSPS) is 12.5. The van der Waals surface area contributed by atoms with Gasteiger partial charge in [-0.15, -0.1) is 0 Å². The molecule has 0 saturated carbocycles. The molecule has 28 heavy (non-hydrogen) atoms. The first-order chi connectivity index (χ1) is 13.4. The van der Waals surface area contributed by atoms with Crippen LogP contribution in [0.4, 0.5) is 0 Å². The maximum Gasteiger partial charge on any atom is 0.322 e. The summed E-state index contributed by atoms with van der Waals surface area (Å²) >= 11 is 1.49. The number of nitrogens with two attached hydrogens (primary N) is 1. The summed E-state index contributed by atoms with van der Waals surface area (Å²) in [5.41, 5.74) is 6.16. The SMILES string of the molecule is CSCCC(NC(=O)C(Cc1ccccc1)NC(=O)CN)C(=O)NCC(=O)O. The molecule has 154 valence electrons. The molecule has 10 heteroatoms. The molecule has 6 N–H and O–H groups in total. The van der Waals surface area contributed by atoms with Crippen molar-refractivity contribution < 1.29 is 24.3 Å². The van der Waals surface area contributed by atoms with Crippen molar-refractivity contribution in [2.24, 2.45) is 5.73 Å². The van der Waals surface area contributed by atoms with E-state index < -0.39 is 42.3 Å². The van der Waals surface area contributed by atoms with Crippen LogP contribution in [0.25, 0.3) is 0 Å². The van der Waals surface area contributed by atoms with Crippen LogP contribution in [0.15, 0.2) is 30.3 Å².